The van der Waals surface area contributed by atoms with Crippen molar-refractivity contribution in [3.05, 3.63) is 30.6 Å². The molecule has 100 valence electrons. The normalized spacial score (nSPS) is 10.1. The molecule has 5 heteroatoms. The minimum atomic E-state index is -0.456. The Bertz CT molecular complexity index is 397. The average Bonchev–Trinajstić information content (AvgIpc) is 2.34. The lowest BCUT2D eigenvalue weighted by molar-refractivity contribution is 0.173. The third-order valence-corrected chi connectivity index (χ3v) is 2.20. The largest absolute Gasteiger partial charge is 0.491 e. The summed E-state index contributed by atoms with van der Waals surface area (Å²) >= 11 is 0. The van der Waals surface area contributed by atoms with E-state index >= 15 is 0 Å². The van der Waals surface area contributed by atoms with Gasteiger partial charge >= 0.3 is 0 Å². The molecule has 0 saturated carbocycles. The molecule has 4 nitrogen and oxygen atoms in total. The molecule has 0 amide bonds. The van der Waals surface area contributed by atoms with Gasteiger partial charge in [0.2, 0.25) is 0 Å². The number of halogens is 1. The SMILES string of the molecule is C=CCOCCNc1cc(OCC)c(F)cc1N. The Hall–Kier alpha value is -1.75. The molecule has 0 fully saturated rings. The number of nitrogen functional groups attached to an aromatic ring is 1. The molecule has 1 rings (SSSR count). The van der Waals surface area contributed by atoms with Gasteiger partial charge in [-0.3, -0.25) is 0 Å². The monoisotopic (exact) mass is 254 g/mol. The second-order valence-corrected chi connectivity index (χ2v) is 3.59. The van der Waals surface area contributed by atoms with Crippen LogP contribution in [0, 0.1) is 5.82 Å². The summed E-state index contributed by atoms with van der Waals surface area (Å²) in [7, 11) is 0. The summed E-state index contributed by atoms with van der Waals surface area (Å²) < 4.78 is 23.8. The summed E-state index contributed by atoms with van der Waals surface area (Å²) in [5.41, 5.74) is 6.70. The minimum absolute atomic E-state index is 0.196. The van der Waals surface area contributed by atoms with E-state index in [9.17, 15) is 4.39 Å². The van der Waals surface area contributed by atoms with Crippen molar-refractivity contribution >= 4 is 11.4 Å². The van der Waals surface area contributed by atoms with Crippen LogP contribution >= 0.6 is 0 Å². The van der Waals surface area contributed by atoms with E-state index in [-0.39, 0.29) is 5.75 Å². The highest BCUT2D eigenvalue weighted by molar-refractivity contribution is 5.68. The van der Waals surface area contributed by atoms with Gasteiger partial charge in [-0.05, 0) is 6.92 Å². The van der Waals surface area contributed by atoms with Gasteiger partial charge in [0.1, 0.15) is 0 Å². The molecule has 0 heterocycles. The van der Waals surface area contributed by atoms with Gasteiger partial charge in [-0.1, -0.05) is 6.08 Å². The number of ether oxygens (including phenoxy) is 2. The van der Waals surface area contributed by atoms with Crippen molar-refractivity contribution in [2.45, 2.75) is 6.92 Å². The summed E-state index contributed by atoms with van der Waals surface area (Å²) in [6.45, 7) is 7.36. The van der Waals surface area contributed by atoms with Crippen LogP contribution in [-0.4, -0.2) is 26.4 Å². The van der Waals surface area contributed by atoms with Crippen molar-refractivity contribution in [2.24, 2.45) is 0 Å². The number of nitrogens with two attached hydrogens (primary N) is 1. The number of rotatable bonds is 8. The molecule has 0 bridgehead atoms. The molecular formula is C13H19FN2O2. The third-order valence-electron chi connectivity index (χ3n) is 2.20. The standard InChI is InChI=1S/C13H19FN2O2/c1-3-6-17-7-5-16-12-9-13(18-4-2)10(14)8-11(12)15/h3,8-9,16H,1,4-7,15H2,2H3. The lowest BCUT2D eigenvalue weighted by atomic mass is 10.2. The summed E-state index contributed by atoms with van der Waals surface area (Å²) in [5, 5.41) is 3.07. The fourth-order valence-corrected chi connectivity index (χ4v) is 1.41. The van der Waals surface area contributed by atoms with Crippen LogP contribution in [0.15, 0.2) is 24.8 Å². The summed E-state index contributed by atoms with van der Waals surface area (Å²) in [6.07, 6.45) is 1.68. The Morgan fingerprint density at radius 2 is 2.28 bits per heavy atom. The van der Waals surface area contributed by atoms with E-state index in [2.05, 4.69) is 11.9 Å². The van der Waals surface area contributed by atoms with E-state index < -0.39 is 5.82 Å². The Kier molecular flexibility index (Phi) is 6.00. The smallest absolute Gasteiger partial charge is 0.167 e. The van der Waals surface area contributed by atoms with Crippen LogP contribution in [0.3, 0.4) is 0 Å². The average molecular weight is 254 g/mol. The molecule has 0 atom stereocenters. The van der Waals surface area contributed by atoms with E-state index in [1.165, 1.54) is 6.07 Å². The van der Waals surface area contributed by atoms with Gasteiger partial charge in [0.05, 0.1) is 31.2 Å². The maximum atomic E-state index is 13.4. The highest BCUT2D eigenvalue weighted by atomic mass is 19.1. The topological polar surface area (TPSA) is 56.5 Å². The van der Waals surface area contributed by atoms with Crippen LogP contribution in [0.25, 0.3) is 0 Å². The molecule has 18 heavy (non-hydrogen) atoms. The lowest BCUT2D eigenvalue weighted by Crippen LogP contribution is -2.11. The van der Waals surface area contributed by atoms with Crippen LogP contribution in [0.2, 0.25) is 0 Å². The van der Waals surface area contributed by atoms with Crippen molar-refractivity contribution in [2.75, 3.05) is 37.4 Å². The van der Waals surface area contributed by atoms with Crippen LogP contribution in [0.1, 0.15) is 6.92 Å². The first kappa shape index (κ1) is 14.3. The Labute approximate surface area is 107 Å². The highest BCUT2D eigenvalue weighted by Crippen LogP contribution is 2.28. The third kappa shape index (κ3) is 4.25. The fraction of sp³-hybridized carbons (Fsp3) is 0.385. The van der Waals surface area contributed by atoms with Gasteiger partial charge < -0.3 is 20.5 Å². The molecular weight excluding hydrogens is 235 g/mol. The van der Waals surface area contributed by atoms with Crippen molar-refractivity contribution in [1.29, 1.82) is 0 Å². The van der Waals surface area contributed by atoms with Crippen LogP contribution < -0.4 is 15.8 Å². The molecule has 1 aromatic carbocycles. The number of nitrogens with one attached hydrogen (secondary N) is 1. The van der Waals surface area contributed by atoms with Crippen molar-refractivity contribution < 1.29 is 13.9 Å². The Morgan fingerprint density at radius 1 is 1.50 bits per heavy atom. The summed E-state index contributed by atoms with van der Waals surface area (Å²) in [5.74, 6) is -0.260. The first-order chi connectivity index (χ1) is 8.69. The van der Waals surface area contributed by atoms with Gasteiger partial charge in [-0.15, -0.1) is 6.58 Å². The van der Waals surface area contributed by atoms with E-state index in [4.69, 9.17) is 15.2 Å². The summed E-state index contributed by atoms with van der Waals surface area (Å²) in [6, 6.07) is 2.81. The van der Waals surface area contributed by atoms with Crippen molar-refractivity contribution in [3.63, 3.8) is 0 Å². The van der Waals surface area contributed by atoms with E-state index in [0.29, 0.717) is 37.7 Å². The van der Waals surface area contributed by atoms with Crippen molar-refractivity contribution in [3.8, 4) is 5.75 Å². The van der Waals surface area contributed by atoms with E-state index in [1.807, 2.05) is 0 Å². The molecule has 0 saturated heterocycles. The molecule has 3 N–H and O–H groups in total. The lowest BCUT2D eigenvalue weighted by Gasteiger charge is -2.12. The maximum absolute atomic E-state index is 13.4. The van der Waals surface area contributed by atoms with Gasteiger partial charge in [0, 0.05) is 18.7 Å². The number of benzene rings is 1. The predicted molar refractivity (Wildman–Crippen MR) is 71.5 cm³/mol. The maximum Gasteiger partial charge on any atom is 0.167 e. The van der Waals surface area contributed by atoms with Crippen LogP contribution in [0.4, 0.5) is 15.8 Å². The van der Waals surface area contributed by atoms with E-state index in [1.54, 1.807) is 19.1 Å². The molecule has 0 aromatic heterocycles. The molecule has 0 aliphatic rings. The highest BCUT2D eigenvalue weighted by Gasteiger charge is 2.08. The van der Waals surface area contributed by atoms with Gasteiger partial charge in [0.25, 0.3) is 0 Å². The summed E-state index contributed by atoms with van der Waals surface area (Å²) in [4.78, 5) is 0. The zero-order valence-electron chi connectivity index (χ0n) is 10.5. The molecule has 0 aliphatic heterocycles. The second-order valence-electron chi connectivity index (χ2n) is 3.59. The molecule has 0 spiro atoms. The molecule has 0 unspecified atom stereocenters. The molecule has 0 radical (unpaired) electrons. The molecule has 1 aromatic rings. The Morgan fingerprint density at radius 3 is 2.94 bits per heavy atom. The molecule has 0 aliphatic carbocycles. The van der Waals surface area contributed by atoms with Gasteiger partial charge in [-0.25, -0.2) is 4.39 Å². The Balaban J connectivity index is 2.58. The first-order valence-corrected chi connectivity index (χ1v) is 5.83. The van der Waals surface area contributed by atoms with Crippen LogP contribution in [0.5, 0.6) is 5.75 Å². The van der Waals surface area contributed by atoms with Crippen molar-refractivity contribution in [1.82, 2.24) is 0 Å². The van der Waals surface area contributed by atoms with Crippen LogP contribution in [-0.2, 0) is 4.74 Å². The van der Waals surface area contributed by atoms with E-state index in [0.717, 1.165) is 0 Å². The van der Waals surface area contributed by atoms with Gasteiger partial charge in [-0.2, -0.15) is 0 Å². The first-order valence-electron chi connectivity index (χ1n) is 5.83. The zero-order valence-corrected chi connectivity index (χ0v) is 10.5. The second kappa shape index (κ2) is 7.55. The number of anilines is 2. The number of hydrogen-bond acceptors (Lipinski definition) is 4. The fourth-order valence-electron chi connectivity index (χ4n) is 1.41. The van der Waals surface area contributed by atoms with Gasteiger partial charge in [0.15, 0.2) is 11.6 Å². The number of hydrogen-bond donors (Lipinski definition) is 2. The minimum Gasteiger partial charge on any atom is -0.491 e. The zero-order chi connectivity index (χ0) is 13.4. The predicted octanol–water partition coefficient (Wildman–Crippen LogP) is 2.42. The quantitative estimate of drug-likeness (QED) is 0.425.